The number of alkyl halides is 1. The van der Waals surface area contributed by atoms with E-state index in [0.29, 0.717) is 6.42 Å². The second kappa shape index (κ2) is 5.99. The smallest absolute Gasteiger partial charge is 0.209 e. The zero-order valence-electron chi connectivity index (χ0n) is 9.21. The molecule has 0 aliphatic heterocycles. The van der Waals surface area contributed by atoms with Crippen molar-refractivity contribution in [3.8, 4) is 0 Å². The molecule has 14 heavy (non-hydrogen) atoms. The Kier molecular flexibility index (Phi) is 6.10. The van der Waals surface area contributed by atoms with Crippen LogP contribution in [0, 0.1) is 0 Å². The van der Waals surface area contributed by atoms with Gasteiger partial charge in [0.15, 0.2) is 0 Å². The summed E-state index contributed by atoms with van der Waals surface area (Å²) in [5.41, 5.74) is 0. The van der Waals surface area contributed by atoms with Crippen molar-refractivity contribution >= 4 is 28.5 Å². The molecule has 0 fully saturated rings. The first-order chi connectivity index (χ1) is 6.28. The van der Waals surface area contributed by atoms with Crippen molar-refractivity contribution in [2.75, 3.05) is 0 Å². The van der Waals surface area contributed by atoms with Crippen LogP contribution in [0.3, 0.4) is 0 Å². The zero-order chi connectivity index (χ0) is 11.4. The molecule has 2 atom stereocenters. The van der Waals surface area contributed by atoms with Gasteiger partial charge in [0.2, 0.25) is 5.12 Å². The fourth-order valence-corrected chi connectivity index (χ4v) is 2.09. The monoisotopic (exact) mass is 238 g/mol. The topological polar surface area (TPSA) is 37.3 Å². The third-order valence-electron chi connectivity index (χ3n) is 1.55. The van der Waals surface area contributed by atoms with E-state index >= 15 is 0 Å². The highest BCUT2D eigenvalue weighted by atomic mass is 35.5. The van der Waals surface area contributed by atoms with Gasteiger partial charge in [-0.2, -0.15) is 0 Å². The summed E-state index contributed by atoms with van der Waals surface area (Å²) in [5.74, 6) is 0. The number of hydrogen-bond acceptors (Lipinski definition) is 3. The van der Waals surface area contributed by atoms with Gasteiger partial charge in [-0.15, -0.1) is 11.6 Å². The Balaban J connectivity index is 4.12. The normalized spacial score (nSPS) is 16.4. The molecule has 0 amide bonds. The maximum atomic E-state index is 11.5. The largest absolute Gasteiger partial charge is 0.391 e. The van der Waals surface area contributed by atoms with Crippen molar-refractivity contribution in [1.29, 1.82) is 0 Å². The molecule has 0 saturated carbocycles. The van der Waals surface area contributed by atoms with E-state index < -0.39 is 11.5 Å². The lowest BCUT2D eigenvalue weighted by Crippen LogP contribution is -2.29. The Bertz CT molecular complexity index is 189. The summed E-state index contributed by atoms with van der Waals surface area (Å²) in [6.45, 7) is 7.80. The van der Waals surface area contributed by atoms with Crippen LogP contribution >= 0.6 is 23.4 Å². The number of halogens is 1. The van der Waals surface area contributed by atoms with E-state index in [-0.39, 0.29) is 9.86 Å². The van der Waals surface area contributed by atoms with E-state index in [9.17, 15) is 9.90 Å². The van der Waals surface area contributed by atoms with E-state index in [2.05, 4.69) is 0 Å². The fraction of sp³-hybridized carbons (Fsp3) is 0.900. The summed E-state index contributed by atoms with van der Waals surface area (Å²) in [7, 11) is 0. The molecule has 0 aliphatic rings. The minimum absolute atomic E-state index is 0.139. The minimum Gasteiger partial charge on any atom is -0.391 e. The lowest BCUT2D eigenvalue weighted by atomic mass is 10.1. The van der Waals surface area contributed by atoms with Crippen molar-refractivity contribution in [3.05, 3.63) is 0 Å². The van der Waals surface area contributed by atoms with Gasteiger partial charge in [0.05, 0.1) is 6.10 Å². The van der Waals surface area contributed by atoms with Crippen molar-refractivity contribution < 1.29 is 9.90 Å². The van der Waals surface area contributed by atoms with Crippen LogP contribution in [0.4, 0.5) is 0 Å². The average molecular weight is 239 g/mol. The lowest BCUT2D eigenvalue weighted by molar-refractivity contribution is -0.112. The predicted octanol–water partition coefficient (Wildman–Crippen LogP) is 2.81. The van der Waals surface area contributed by atoms with Gasteiger partial charge in [0.1, 0.15) is 5.38 Å². The van der Waals surface area contributed by atoms with Gasteiger partial charge in [-0.25, -0.2) is 0 Å². The second-order valence-corrected chi connectivity index (χ2v) is 6.59. The molecule has 0 aromatic carbocycles. The molecule has 0 bridgehead atoms. The van der Waals surface area contributed by atoms with Crippen molar-refractivity contribution in [2.24, 2.45) is 0 Å². The van der Waals surface area contributed by atoms with Crippen LogP contribution < -0.4 is 0 Å². The molecule has 0 spiro atoms. The number of hydrogen-bond donors (Lipinski definition) is 1. The highest BCUT2D eigenvalue weighted by Gasteiger charge is 2.27. The van der Waals surface area contributed by atoms with Gasteiger partial charge >= 0.3 is 0 Å². The van der Waals surface area contributed by atoms with Crippen LogP contribution in [0.5, 0.6) is 0 Å². The third kappa shape index (κ3) is 5.89. The van der Waals surface area contributed by atoms with Crippen LogP contribution in [0.15, 0.2) is 0 Å². The molecule has 1 N–H and O–H groups in total. The standard InChI is InChI=1S/C10H19ClO2S/c1-5-6-7(12)8(11)9(13)14-10(2,3)4/h7-8,12H,5-6H2,1-4H3/t7-,8-/m0/s1. The summed E-state index contributed by atoms with van der Waals surface area (Å²) in [6.07, 6.45) is 0.687. The minimum atomic E-state index is -0.779. The van der Waals surface area contributed by atoms with E-state index in [1.807, 2.05) is 27.7 Å². The Morgan fingerprint density at radius 1 is 1.50 bits per heavy atom. The molecule has 2 nitrogen and oxygen atoms in total. The summed E-state index contributed by atoms with van der Waals surface area (Å²) >= 11 is 7.03. The van der Waals surface area contributed by atoms with Crippen LogP contribution in [-0.4, -0.2) is 26.4 Å². The first-order valence-electron chi connectivity index (χ1n) is 4.83. The highest BCUT2D eigenvalue weighted by Crippen LogP contribution is 2.28. The molecule has 4 heteroatoms. The van der Waals surface area contributed by atoms with Gasteiger partial charge < -0.3 is 5.11 Å². The fourth-order valence-electron chi connectivity index (χ4n) is 0.957. The molecular formula is C10H19ClO2S. The van der Waals surface area contributed by atoms with Gasteiger partial charge in [-0.1, -0.05) is 45.9 Å². The van der Waals surface area contributed by atoms with E-state index in [0.717, 1.165) is 6.42 Å². The average Bonchev–Trinajstić information content (AvgIpc) is 2.00. The Morgan fingerprint density at radius 2 is 2.00 bits per heavy atom. The quantitative estimate of drug-likeness (QED) is 0.766. The Labute approximate surface area is 95.4 Å². The van der Waals surface area contributed by atoms with Crippen molar-refractivity contribution in [1.82, 2.24) is 0 Å². The van der Waals surface area contributed by atoms with Crippen LogP contribution in [0.25, 0.3) is 0 Å². The van der Waals surface area contributed by atoms with E-state index in [1.165, 1.54) is 11.8 Å². The molecule has 0 rings (SSSR count). The summed E-state index contributed by atoms with van der Waals surface area (Å²) in [4.78, 5) is 11.5. The summed E-state index contributed by atoms with van der Waals surface area (Å²) < 4.78 is -0.143. The summed E-state index contributed by atoms with van der Waals surface area (Å²) in [6, 6.07) is 0. The van der Waals surface area contributed by atoms with Gasteiger partial charge in [0.25, 0.3) is 0 Å². The second-order valence-electron chi connectivity index (χ2n) is 4.29. The number of aliphatic hydroxyl groups excluding tert-OH is 1. The first-order valence-corrected chi connectivity index (χ1v) is 6.08. The Morgan fingerprint density at radius 3 is 2.36 bits per heavy atom. The molecule has 0 aliphatic carbocycles. The zero-order valence-corrected chi connectivity index (χ0v) is 10.8. The van der Waals surface area contributed by atoms with Gasteiger partial charge in [0, 0.05) is 4.75 Å². The van der Waals surface area contributed by atoms with Gasteiger partial charge in [-0.05, 0) is 6.42 Å². The molecule has 0 radical (unpaired) electrons. The number of rotatable bonds is 4. The number of carbonyl (C=O) groups excluding carboxylic acids is 1. The number of aliphatic hydroxyl groups is 1. The molecule has 0 saturated heterocycles. The lowest BCUT2D eigenvalue weighted by Gasteiger charge is -2.20. The predicted molar refractivity (Wildman–Crippen MR) is 62.9 cm³/mol. The summed E-state index contributed by atoms with van der Waals surface area (Å²) in [5, 5.41) is 8.60. The van der Waals surface area contributed by atoms with Gasteiger partial charge in [-0.3, -0.25) is 4.79 Å². The van der Waals surface area contributed by atoms with Crippen molar-refractivity contribution in [2.45, 2.75) is 56.8 Å². The maximum Gasteiger partial charge on any atom is 0.209 e. The molecule has 0 heterocycles. The van der Waals surface area contributed by atoms with Crippen LogP contribution in [0.2, 0.25) is 0 Å². The van der Waals surface area contributed by atoms with Crippen LogP contribution in [-0.2, 0) is 4.79 Å². The number of carbonyl (C=O) groups is 1. The highest BCUT2D eigenvalue weighted by molar-refractivity contribution is 8.15. The molecular weight excluding hydrogens is 220 g/mol. The molecule has 84 valence electrons. The molecule has 0 aromatic rings. The first kappa shape index (κ1) is 14.3. The third-order valence-corrected chi connectivity index (χ3v) is 3.24. The Hall–Kier alpha value is 0.270. The van der Waals surface area contributed by atoms with Crippen molar-refractivity contribution in [3.63, 3.8) is 0 Å². The van der Waals surface area contributed by atoms with E-state index in [4.69, 9.17) is 11.6 Å². The SMILES string of the molecule is CCC[C@H](O)[C@H](Cl)C(=O)SC(C)(C)C. The molecule has 0 unspecified atom stereocenters. The maximum absolute atomic E-state index is 11.5. The van der Waals surface area contributed by atoms with E-state index in [1.54, 1.807) is 0 Å². The molecule has 0 aromatic heterocycles. The van der Waals surface area contributed by atoms with Crippen LogP contribution in [0.1, 0.15) is 40.5 Å². The number of thioether (sulfide) groups is 1.